The van der Waals surface area contributed by atoms with E-state index in [0.717, 1.165) is 10.2 Å². The topological polar surface area (TPSA) is 68.0 Å². The molecule has 0 aliphatic heterocycles. The van der Waals surface area contributed by atoms with E-state index in [1.807, 2.05) is 24.3 Å². The third-order valence-electron chi connectivity index (χ3n) is 3.25. The third kappa shape index (κ3) is 5.23. The average Bonchev–Trinajstić information content (AvgIpc) is 3.05. The first kappa shape index (κ1) is 19.2. The molecule has 3 rings (SSSR count). The Hall–Kier alpha value is -1.54. The number of halogens is 3. The summed E-state index contributed by atoms with van der Waals surface area (Å²) in [5, 5.41) is 12.1. The van der Waals surface area contributed by atoms with Crippen LogP contribution in [0, 0.1) is 0 Å². The van der Waals surface area contributed by atoms with Gasteiger partial charge >= 0.3 is 0 Å². The Morgan fingerprint density at radius 3 is 2.65 bits per heavy atom. The lowest BCUT2D eigenvalue weighted by Gasteiger charge is -2.04. The second kappa shape index (κ2) is 8.90. The van der Waals surface area contributed by atoms with Crippen molar-refractivity contribution in [3.8, 4) is 11.5 Å². The zero-order chi connectivity index (χ0) is 18.5. The Bertz CT molecular complexity index is 919. The van der Waals surface area contributed by atoms with Crippen LogP contribution in [-0.2, 0) is 4.79 Å². The summed E-state index contributed by atoms with van der Waals surface area (Å²) >= 11 is 16.7. The first-order valence-corrected chi connectivity index (χ1v) is 10.0. The maximum atomic E-state index is 12.0. The van der Waals surface area contributed by atoms with E-state index in [2.05, 4.69) is 31.4 Å². The van der Waals surface area contributed by atoms with Crippen molar-refractivity contribution in [2.45, 2.75) is 11.6 Å². The summed E-state index contributed by atoms with van der Waals surface area (Å²) in [6.07, 6.45) is 0.320. The number of anilines is 1. The van der Waals surface area contributed by atoms with Gasteiger partial charge in [-0.25, -0.2) is 0 Å². The minimum atomic E-state index is -0.0830. The number of thioether (sulfide) groups is 1. The Balaban J connectivity index is 1.52. The van der Waals surface area contributed by atoms with Gasteiger partial charge in [0.1, 0.15) is 0 Å². The first-order valence-electron chi connectivity index (χ1n) is 7.48. The number of carbonyl (C=O) groups excluding carboxylic acids is 1. The van der Waals surface area contributed by atoms with Gasteiger partial charge in [-0.3, -0.25) is 4.79 Å². The Labute approximate surface area is 172 Å². The molecule has 1 aromatic heterocycles. The molecule has 1 N–H and O–H groups in total. The molecule has 0 saturated heterocycles. The highest BCUT2D eigenvalue weighted by molar-refractivity contribution is 9.10. The molecule has 1 amide bonds. The fraction of sp³-hybridized carbons (Fsp3) is 0.118. The van der Waals surface area contributed by atoms with Crippen LogP contribution in [0.25, 0.3) is 11.5 Å². The van der Waals surface area contributed by atoms with E-state index in [0.29, 0.717) is 38.9 Å². The highest BCUT2D eigenvalue weighted by Crippen LogP contribution is 2.31. The van der Waals surface area contributed by atoms with Gasteiger partial charge in [0.05, 0.1) is 10.6 Å². The monoisotopic (exact) mass is 471 g/mol. The number of hydrogen-bond acceptors (Lipinski definition) is 5. The van der Waals surface area contributed by atoms with Gasteiger partial charge in [-0.1, -0.05) is 50.9 Å². The Morgan fingerprint density at radius 2 is 1.92 bits per heavy atom. The predicted molar refractivity (Wildman–Crippen MR) is 108 cm³/mol. The predicted octanol–water partition coefficient (Wildman–Crippen LogP) is 5.93. The van der Waals surface area contributed by atoms with Crippen molar-refractivity contribution in [2.24, 2.45) is 0 Å². The second-order valence-electron chi connectivity index (χ2n) is 5.15. The molecule has 26 heavy (non-hydrogen) atoms. The van der Waals surface area contributed by atoms with Crippen molar-refractivity contribution in [1.82, 2.24) is 10.2 Å². The number of nitrogens with one attached hydrogen (secondary N) is 1. The van der Waals surface area contributed by atoms with Gasteiger partial charge in [-0.05, 0) is 42.5 Å². The van der Waals surface area contributed by atoms with Crippen LogP contribution < -0.4 is 5.32 Å². The molecular weight excluding hydrogens is 461 g/mol. The van der Waals surface area contributed by atoms with Crippen molar-refractivity contribution >= 4 is 62.5 Å². The lowest BCUT2D eigenvalue weighted by atomic mass is 10.2. The Kier molecular flexibility index (Phi) is 6.58. The maximum absolute atomic E-state index is 12.0. The van der Waals surface area contributed by atoms with Gasteiger partial charge in [0.25, 0.3) is 5.22 Å². The second-order valence-corrected chi connectivity index (χ2v) is 7.96. The van der Waals surface area contributed by atoms with Gasteiger partial charge in [0.2, 0.25) is 11.8 Å². The summed E-state index contributed by atoms with van der Waals surface area (Å²) in [5.74, 6) is 0.743. The normalized spacial score (nSPS) is 10.7. The molecule has 0 atom stereocenters. The van der Waals surface area contributed by atoms with Crippen LogP contribution >= 0.6 is 50.9 Å². The molecule has 134 valence electrons. The summed E-state index contributed by atoms with van der Waals surface area (Å²) < 4.78 is 6.54. The van der Waals surface area contributed by atoms with Gasteiger partial charge in [0.15, 0.2) is 0 Å². The third-order valence-corrected chi connectivity index (χ3v) is 5.15. The number of amides is 1. The maximum Gasteiger partial charge on any atom is 0.276 e. The fourth-order valence-corrected chi connectivity index (χ4v) is 3.48. The van der Waals surface area contributed by atoms with E-state index in [9.17, 15) is 4.79 Å². The molecule has 0 saturated carbocycles. The van der Waals surface area contributed by atoms with Crippen molar-refractivity contribution in [1.29, 1.82) is 0 Å². The average molecular weight is 473 g/mol. The van der Waals surface area contributed by atoms with Crippen molar-refractivity contribution in [3.05, 3.63) is 57.0 Å². The summed E-state index contributed by atoms with van der Waals surface area (Å²) in [4.78, 5) is 12.0. The Morgan fingerprint density at radius 1 is 1.15 bits per heavy atom. The number of carbonyl (C=O) groups is 1. The SMILES string of the molecule is O=C(CCSc1nnc(-c2ccc(Cl)cc2Cl)o1)Nc1ccc(Br)cc1. The quantitative estimate of drug-likeness (QED) is 0.450. The summed E-state index contributed by atoms with van der Waals surface area (Å²) in [5.41, 5.74) is 1.36. The molecule has 0 aliphatic carbocycles. The number of benzene rings is 2. The lowest BCUT2D eigenvalue weighted by Crippen LogP contribution is -2.11. The molecule has 0 bridgehead atoms. The van der Waals surface area contributed by atoms with Crippen LogP contribution in [0.15, 0.2) is 56.6 Å². The van der Waals surface area contributed by atoms with Crippen LogP contribution in [0.3, 0.4) is 0 Å². The molecule has 3 aromatic rings. The van der Waals surface area contributed by atoms with E-state index in [4.69, 9.17) is 27.6 Å². The van der Waals surface area contributed by atoms with Gasteiger partial charge in [-0.15, -0.1) is 10.2 Å². The van der Waals surface area contributed by atoms with E-state index in [1.165, 1.54) is 11.8 Å². The van der Waals surface area contributed by atoms with Gasteiger partial charge in [0, 0.05) is 27.4 Å². The number of aromatic nitrogens is 2. The van der Waals surface area contributed by atoms with E-state index < -0.39 is 0 Å². The fourth-order valence-electron chi connectivity index (χ4n) is 2.03. The lowest BCUT2D eigenvalue weighted by molar-refractivity contribution is -0.115. The molecule has 9 heteroatoms. The van der Waals surface area contributed by atoms with Crippen LogP contribution in [0.5, 0.6) is 0 Å². The highest BCUT2D eigenvalue weighted by atomic mass is 79.9. The zero-order valence-electron chi connectivity index (χ0n) is 13.2. The molecule has 1 heterocycles. The van der Waals surface area contributed by atoms with Crippen molar-refractivity contribution in [2.75, 3.05) is 11.1 Å². The first-order chi connectivity index (χ1) is 12.5. The van der Waals surface area contributed by atoms with Crippen LogP contribution in [0.4, 0.5) is 5.69 Å². The smallest absolute Gasteiger partial charge is 0.276 e. The van der Waals surface area contributed by atoms with Crippen molar-refractivity contribution in [3.63, 3.8) is 0 Å². The zero-order valence-corrected chi connectivity index (χ0v) is 17.1. The molecule has 0 unspecified atom stereocenters. The summed E-state index contributed by atoms with van der Waals surface area (Å²) in [6, 6.07) is 12.4. The standard InChI is InChI=1S/C17H12BrCl2N3O2S/c18-10-1-4-12(5-2-10)21-15(24)7-8-26-17-23-22-16(25-17)13-6-3-11(19)9-14(13)20/h1-6,9H,7-8H2,(H,21,24). The van der Waals surface area contributed by atoms with Gasteiger partial charge in [-0.2, -0.15) is 0 Å². The number of hydrogen-bond donors (Lipinski definition) is 1. The summed E-state index contributed by atoms with van der Waals surface area (Å²) in [7, 11) is 0. The molecule has 0 fully saturated rings. The largest absolute Gasteiger partial charge is 0.411 e. The van der Waals surface area contributed by atoms with Crippen LogP contribution in [-0.4, -0.2) is 21.9 Å². The van der Waals surface area contributed by atoms with Gasteiger partial charge < -0.3 is 9.73 Å². The minimum Gasteiger partial charge on any atom is -0.411 e. The molecule has 5 nitrogen and oxygen atoms in total. The molecular formula is C17H12BrCl2N3O2S. The van der Waals surface area contributed by atoms with Crippen LogP contribution in [0.1, 0.15) is 6.42 Å². The van der Waals surface area contributed by atoms with Crippen molar-refractivity contribution < 1.29 is 9.21 Å². The van der Waals surface area contributed by atoms with Crippen LogP contribution in [0.2, 0.25) is 10.0 Å². The minimum absolute atomic E-state index is 0.0830. The number of nitrogens with zero attached hydrogens (tertiary/aromatic N) is 2. The molecule has 2 aromatic carbocycles. The molecule has 0 spiro atoms. The van der Waals surface area contributed by atoms with E-state index in [-0.39, 0.29) is 5.91 Å². The molecule has 0 aliphatic rings. The van der Waals surface area contributed by atoms with E-state index in [1.54, 1.807) is 18.2 Å². The summed E-state index contributed by atoms with van der Waals surface area (Å²) in [6.45, 7) is 0. The van der Waals surface area contributed by atoms with E-state index >= 15 is 0 Å². The highest BCUT2D eigenvalue weighted by Gasteiger charge is 2.13. The number of rotatable bonds is 6. The molecule has 0 radical (unpaired) electrons.